The van der Waals surface area contributed by atoms with Crippen molar-refractivity contribution in [1.29, 1.82) is 0 Å². The highest BCUT2D eigenvalue weighted by molar-refractivity contribution is 6.02. The van der Waals surface area contributed by atoms with E-state index in [0.29, 0.717) is 36.1 Å². The summed E-state index contributed by atoms with van der Waals surface area (Å²) in [4.78, 5) is 17.4. The van der Waals surface area contributed by atoms with Gasteiger partial charge in [0.05, 0.1) is 11.0 Å². The monoisotopic (exact) mass is 308 g/mol. The Morgan fingerprint density at radius 3 is 2.39 bits per heavy atom. The summed E-state index contributed by atoms with van der Waals surface area (Å²) in [5, 5.41) is 0. The minimum atomic E-state index is -0.0957. The maximum absolute atomic E-state index is 12.9. The molecule has 0 N–H and O–H groups in total. The van der Waals surface area contributed by atoms with Gasteiger partial charge in [-0.15, -0.1) is 0 Å². The molecule has 2 heterocycles. The summed E-state index contributed by atoms with van der Waals surface area (Å²) in [7, 11) is 0. The van der Waals surface area contributed by atoms with Crippen LogP contribution in [0.5, 0.6) is 11.5 Å². The molecule has 5 nitrogen and oxygen atoms in total. The van der Waals surface area contributed by atoms with Crippen LogP contribution in [0.15, 0.2) is 36.4 Å². The van der Waals surface area contributed by atoms with Crippen LogP contribution < -0.4 is 9.47 Å². The van der Waals surface area contributed by atoms with E-state index in [0.717, 1.165) is 16.6 Å². The zero-order chi connectivity index (χ0) is 16.0. The van der Waals surface area contributed by atoms with Gasteiger partial charge < -0.3 is 9.47 Å². The Bertz CT molecular complexity index is 910. The van der Waals surface area contributed by atoms with Crippen LogP contribution in [-0.4, -0.2) is 28.7 Å². The first kappa shape index (κ1) is 13.8. The summed E-state index contributed by atoms with van der Waals surface area (Å²) >= 11 is 0. The average molecular weight is 308 g/mol. The lowest BCUT2D eigenvalue weighted by Gasteiger charge is -2.18. The van der Waals surface area contributed by atoms with Gasteiger partial charge in [-0.3, -0.25) is 9.36 Å². The molecule has 0 aliphatic carbocycles. The number of aryl methyl sites for hydroxylation is 2. The molecule has 1 aliphatic heterocycles. The number of hydrogen-bond donors (Lipinski definition) is 0. The fourth-order valence-corrected chi connectivity index (χ4v) is 2.82. The zero-order valence-electron chi connectivity index (χ0n) is 13.0. The van der Waals surface area contributed by atoms with Crippen LogP contribution in [0, 0.1) is 13.8 Å². The molecular weight excluding hydrogens is 292 g/mol. The Morgan fingerprint density at radius 2 is 1.70 bits per heavy atom. The Morgan fingerprint density at radius 1 is 1.04 bits per heavy atom. The van der Waals surface area contributed by atoms with Crippen molar-refractivity contribution in [1.82, 2.24) is 9.55 Å². The van der Waals surface area contributed by atoms with Gasteiger partial charge in [0.1, 0.15) is 19.0 Å². The van der Waals surface area contributed by atoms with Gasteiger partial charge in [-0.2, -0.15) is 0 Å². The SMILES string of the molecule is Cc1ccc(C(=O)n2c(C)nc3cc4c(cc32)OCCO4)cc1. The molecule has 1 aliphatic rings. The van der Waals surface area contributed by atoms with Gasteiger partial charge in [-0.1, -0.05) is 17.7 Å². The van der Waals surface area contributed by atoms with E-state index in [1.54, 1.807) is 4.57 Å². The number of fused-ring (bicyclic) bond motifs is 2. The molecule has 0 saturated heterocycles. The summed E-state index contributed by atoms with van der Waals surface area (Å²) < 4.78 is 12.8. The number of carbonyl (C=O) groups is 1. The molecular formula is C18H16N2O3. The molecule has 0 unspecified atom stereocenters. The number of nitrogens with zero attached hydrogens (tertiary/aromatic N) is 2. The molecule has 0 amide bonds. The fraction of sp³-hybridized carbons (Fsp3) is 0.222. The van der Waals surface area contributed by atoms with Gasteiger partial charge in [0.25, 0.3) is 5.91 Å². The largest absolute Gasteiger partial charge is 0.486 e. The topological polar surface area (TPSA) is 53.4 Å². The number of hydrogen-bond acceptors (Lipinski definition) is 4. The fourth-order valence-electron chi connectivity index (χ4n) is 2.82. The van der Waals surface area contributed by atoms with E-state index in [2.05, 4.69) is 4.98 Å². The van der Waals surface area contributed by atoms with E-state index in [1.807, 2.05) is 50.2 Å². The van der Waals surface area contributed by atoms with Crippen molar-refractivity contribution in [3.8, 4) is 11.5 Å². The van der Waals surface area contributed by atoms with Crippen molar-refractivity contribution in [3.63, 3.8) is 0 Å². The van der Waals surface area contributed by atoms with Crippen LogP contribution in [0.1, 0.15) is 21.7 Å². The predicted molar refractivity (Wildman–Crippen MR) is 86.4 cm³/mol. The third kappa shape index (κ3) is 2.25. The number of benzene rings is 2. The lowest BCUT2D eigenvalue weighted by atomic mass is 10.1. The Labute approximate surface area is 133 Å². The number of ether oxygens (including phenoxy) is 2. The maximum atomic E-state index is 12.9. The van der Waals surface area contributed by atoms with E-state index in [4.69, 9.17) is 9.47 Å². The molecule has 3 aromatic rings. The molecule has 1 aromatic heterocycles. The van der Waals surface area contributed by atoms with Crippen molar-refractivity contribution in [3.05, 3.63) is 53.3 Å². The Balaban J connectivity index is 1.87. The third-order valence-electron chi connectivity index (χ3n) is 3.99. The van der Waals surface area contributed by atoms with Crippen LogP contribution >= 0.6 is 0 Å². The highest BCUT2D eigenvalue weighted by Crippen LogP contribution is 2.34. The molecule has 2 aromatic carbocycles. The number of imidazole rings is 1. The van der Waals surface area contributed by atoms with Crippen LogP contribution in [0.2, 0.25) is 0 Å². The smallest absolute Gasteiger partial charge is 0.263 e. The molecule has 0 bridgehead atoms. The van der Waals surface area contributed by atoms with Gasteiger partial charge in [0.2, 0.25) is 0 Å². The van der Waals surface area contributed by atoms with E-state index in [9.17, 15) is 4.79 Å². The van der Waals surface area contributed by atoms with Crippen LogP contribution in [0.3, 0.4) is 0 Å². The maximum Gasteiger partial charge on any atom is 0.263 e. The molecule has 0 spiro atoms. The molecule has 0 fully saturated rings. The van der Waals surface area contributed by atoms with Crippen molar-refractivity contribution in [2.75, 3.05) is 13.2 Å². The van der Waals surface area contributed by atoms with Crippen molar-refractivity contribution < 1.29 is 14.3 Å². The second-order valence-corrected chi connectivity index (χ2v) is 5.65. The molecule has 0 atom stereocenters. The standard InChI is InChI=1S/C18H16N2O3/c1-11-3-5-13(6-4-11)18(21)20-12(2)19-14-9-16-17(10-15(14)20)23-8-7-22-16/h3-6,9-10H,7-8H2,1-2H3. The Hall–Kier alpha value is -2.82. The molecule has 23 heavy (non-hydrogen) atoms. The summed E-state index contributed by atoms with van der Waals surface area (Å²) in [5.74, 6) is 1.88. The number of rotatable bonds is 1. The van der Waals surface area contributed by atoms with Gasteiger partial charge >= 0.3 is 0 Å². The summed E-state index contributed by atoms with van der Waals surface area (Å²) in [6.45, 7) is 4.86. The van der Waals surface area contributed by atoms with Crippen molar-refractivity contribution >= 4 is 16.9 Å². The normalized spacial score (nSPS) is 13.3. The first-order chi connectivity index (χ1) is 11.1. The molecule has 4 rings (SSSR count). The first-order valence-corrected chi connectivity index (χ1v) is 7.53. The van der Waals surface area contributed by atoms with Crippen molar-refractivity contribution in [2.45, 2.75) is 13.8 Å². The van der Waals surface area contributed by atoms with E-state index < -0.39 is 0 Å². The second kappa shape index (κ2) is 5.12. The highest BCUT2D eigenvalue weighted by atomic mass is 16.6. The van der Waals surface area contributed by atoms with Crippen molar-refractivity contribution in [2.24, 2.45) is 0 Å². The average Bonchev–Trinajstić information content (AvgIpc) is 2.87. The van der Waals surface area contributed by atoms with Gasteiger partial charge in [0, 0.05) is 17.7 Å². The number of carbonyl (C=O) groups excluding carboxylic acids is 1. The van der Waals surface area contributed by atoms with Crippen LogP contribution in [0.4, 0.5) is 0 Å². The number of aromatic nitrogens is 2. The predicted octanol–water partition coefficient (Wildman–Crippen LogP) is 3.11. The molecule has 116 valence electrons. The van der Waals surface area contributed by atoms with E-state index in [1.165, 1.54) is 0 Å². The van der Waals surface area contributed by atoms with Gasteiger partial charge in [-0.05, 0) is 26.0 Å². The van der Waals surface area contributed by atoms with E-state index in [-0.39, 0.29) is 5.91 Å². The van der Waals surface area contributed by atoms with Gasteiger partial charge in [-0.25, -0.2) is 4.98 Å². The first-order valence-electron chi connectivity index (χ1n) is 7.53. The zero-order valence-corrected chi connectivity index (χ0v) is 13.0. The summed E-state index contributed by atoms with van der Waals surface area (Å²) in [5.41, 5.74) is 3.21. The molecule has 0 radical (unpaired) electrons. The Kier molecular flexibility index (Phi) is 3.08. The van der Waals surface area contributed by atoms with E-state index >= 15 is 0 Å². The minimum Gasteiger partial charge on any atom is -0.486 e. The molecule has 5 heteroatoms. The van der Waals surface area contributed by atoms with Crippen LogP contribution in [0.25, 0.3) is 11.0 Å². The summed E-state index contributed by atoms with van der Waals surface area (Å²) in [6, 6.07) is 11.2. The lowest BCUT2D eigenvalue weighted by molar-refractivity contribution is 0.0962. The third-order valence-corrected chi connectivity index (χ3v) is 3.99. The summed E-state index contributed by atoms with van der Waals surface area (Å²) in [6.07, 6.45) is 0. The minimum absolute atomic E-state index is 0.0957. The van der Waals surface area contributed by atoms with Crippen LogP contribution in [-0.2, 0) is 0 Å². The molecule has 0 saturated carbocycles. The lowest BCUT2D eigenvalue weighted by Crippen LogP contribution is -2.16. The van der Waals surface area contributed by atoms with Gasteiger partial charge in [0.15, 0.2) is 11.5 Å². The second-order valence-electron chi connectivity index (χ2n) is 5.65. The quantitative estimate of drug-likeness (QED) is 0.693. The highest BCUT2D eigenvalue weighted by Gasteiger charge is 2.20.